The van der Waals surface area contributed by atoms with Gasteiger partial charge in [0.25, 0.3) is 0 Å². The van der Waals surface area contributed by atoms with Crippen LogP contribution < -0.4 is 9.47 Å². The van der Waals surface area contributed by atoms with E-state index in [9.17, 15) is 4.79 Å². The summed E-state index contributed by atoms with van der Waals surface area (Å²) >= 11 is 8.80. The zero-order chi connectivity index (χ0) is 26.2. The molecular formula is C28H19ClIN3O5. The van der Waals surface area contributed by atoms with E-state index in [1.165, 1.54) is 6.20 Å². The third-order valence-electron chi connectivity index (χ3n) is 6.20. The fourth-order valence-corrected chi connectivity index (χ4v) is 5.34. The molecule has 38 heavy (non-hydrogen) atoms. The van der Waals surface area contributed by atoms with Crippen LogP contribution in [-0.2, 0) is 6.61 Å². The van der Waals surface area contributed by atoms with E-state index in [0.29, 0.717) is 29.0 Å². The number of fused-ring (bicyclic) bond motifs is 1. The summed E-state index contributed by atoms with van der Waals surface area (Å²) in [4.78, 5) is 18.8. The summed E-state index contributed by atoms with van der Waals surface area (Å²) < 4.78 is 18.7. The van der Waals surface area contributed by atoms with Crippen LogP contribution in [0.3, 0.4) is 0 Å². The highest BCUT2D eigenvalue weighted by molar-refractivity contribution is 14.1. The molecule has 2 aromatic heterocycles. The predicted octanol–water partition coefficient (Wildman–Crippen LogP) is 7.49. The molecule has 0 amide bonds. The van der Waals surface area contributed by atoms with E-state index in [2.05, 4.69) is 37.7 Å². The first kappa shape index (κ1) is 24.6. The maximum Gasteiger partial charge on any atom is 0.356 e. The van der Waals surface area contributed by atoms with Crippen molar-refractivity contribution in [1.82, 2.24) is 15.1 Å². The number of aromatic carboxylic acids is 1. The summed E-state index contributed by atoms with van der Waals surface area (Å²) in [5, 5.41) is 15.9. The van der Waals surface area contributed by atoms with E-state index < -0.39 is 5.97 Å². The first-order valence-corrected chi connectivity index (χ1v) is 13.2. The van der Waals surface area contributed by atoms with Crippen LogP contribution in [0.2, 0.25) is 5.02 Å². The number of carbonyl (C=O) groups is 1. The minimum Gasteiger partial charge on any atom is -0.489 e. The van der Waals surface area contributed by atoms with Crippen molar-refractivity contribution in [3.05, 3.63) is 92.6 Å². The van der Waals surface area contributed by atoms with Crippen LogP contribution in [0.1, 0.15) is 40.6 Å². The van der Waals surface area contributed by atoms with Crippen LogP contribution in [0.15, 0.2) is 71.5 Å². The Labute approximate surface area is 235 Å². The molecule has 10 heteroatoms. The van der Waals surface area contributed by atoms with Crippen LogP contribution in [-0.4, -0.2) is 26.2 Å². The molecule has 0 spiro atoms. The number of benzene rings is 3. The minimum absolute atomic E-state index is 0.146. The number of hydrogen-bond acceptors (Lipinski definition) is 7. The van der Waals surface area contributed by atoms with Crippen molar-refractivity contribution in [3.63, 3.8) is 0 Å². The van der Waals surface area contributed by atoms with Gasteiger partial charge >= 0.3 is 5.97 Å². The van der Waals surface area contributed by atoms with Gasteiger partial charge in [0, 0.05) is 15.1 Å². The SMILES string of the molecule is O=C(O)c1cnc(Oc2ccc3cc(OCc4c(-c5c(Cl)cccc5I)noc4C4CC4)ccc3c2)cn1. The molecule has 0 atom stereocenters. The Morgan fingerprint density at radius 2 is 1.82 bits per heavy atom. The Hall–Kier alpha value is -3.70. The molecule has 1 aliphatic carbocycles. The maximum absolute atomic E-state index is 10.9. The summed E-state index contributed by atoms with van der Waals surface area (Å²) in [7, 11) is 0. The lowest BCUT2D eigenvalue weighted by molar-refractivity contribution is 0.0690. The molecule has 2 heterocycles. The van der Waals surface area contributed by atoms with Crippen LogP contribution in [0.25, 0.3) is 22.0 Å². The number of ether oxygens (including phenoxy) is 2. The van der Waals surface area contributed by atoms with Gasteiger partial charge in [-0.25, -0.2) is 14.8 Å². The topological polar surface area (TPSA) is 108 Å². The number of rotatable bonds is 8. The van der Waals surface area contributed by atoms with Crippen molar-refractivity contribution < 1.29 is 23.9 Å². The summed E-state index contributed by atoms with van der Waals surface area (Å²) in [6.07, 6.45) is 4.60. The van der Waals surface area contributed by atoms with E-state index in [-0.39, 0.29) is 11.6 Å². The van der Waals surface area contributed by atoms with Gasteiger partial charge in [-0.15, -0.1) is 0 Å². The molecule has 8 nitrogen and oxygen atoms in total. The summed E-state index contributed by atoms with van der Waals surface area (Å²) in [6, 6.07) is 17.2. The lowest BCUT2D eigenvalue weighted by Crippen LogP contribution is -2.01. The quantitative estimate of drug-likeness (QED) is 0.174. The zero-order valence-electron chi connectivity index (χ0n) is 19.7. The molecule has 1 saturated carbocycles. The number of aromatic nitrogens is 3. The Kier molecular flexibility index (Phi) is 6.62. The van der Waals surface area contributed by atoms with E-state index in [1.807, 2.05) is 54.6 Å². The number of hydrogen-bond donors (Lipinski definition) is 1. The van der Waals surface area contributed by atoms with E-state index in [0.717, 1.165) is 56.0 Å². The zero-order valence-corrected chi connectivity index (χ0v) is 22.6. The normalized spacial score (nSPS) is 13.0. The van der Waals surface area contributed by atoms with Gasteiger partial charge in [-0.2, -0.15) is 0 Å². The molecule has 1 N–H and O–H groups in total. The van der Waals surface area contributed by atoms with Crippen molar-refractivity contribution in [3.8, 4) is 28.6 Å². The molecule has 6 rings (SSSR count). The molecule has 0 radical (unpaired) electrons. The van der Waals surface area contributed by atoms with Gasteiger partial charge in [-0.1, -0.05) is 35.0 Å². The second-order valence-corrected chi connectivity index (χ2v) is 10.4. The second kappa shape index (κ2) is 10.2. The fourth-order valence-electron chi connectivity index (χ4n) is 4.16. The van der Waals surface area contributed by atoms with Gasteiger partial charge in [0.2, 0.25) is 5.88 Å². The average Bonchev–Trinajstić information content (AvgIpc) is 3.68. The van der Waals surface area contributed by atoms with Gasteiger partial charge in [-0.05, 0) is 82.6 Å². The first-order valence-electron chi connectivity index (χ1n) is 11.8. The molecule has 3 aromatic carbocycles. The minimum atomic E-state index is -1.14. The highest BCUT2D eigenvalue weighted by Gasteiger charge is 2.33. The van der Waals surface area contributed by atoms with Gasteiger partial charge in [0.05, 0.1) is 23.0 Å². The van der Waals surface area contributed by atoms with Gasteiger partial charge in [0.1, 0.15) is 29.6 Å². The van der Waals surface area contributed by atoms with Crippen molar-refractivity contribution >= 4 is 50.9 Å². The number of carboxylic acid groups (broad SMARTS) is 1. The molecule has 0 unspecified atom stereocenters. The molecule has 190 valence electrons. The third-order valence-corrected chi connectivity index (χ3v) is 7.42. The van der Waals surface area contributed by atoms with Gasteiger partial charge < -0.3 is 19.1 Å². The summed E-state index contributed by atoms with van der Waals surface area (Å²) in [5.74, 6) is 1.58. The van der Waals surface area contributed by atoms with Crippen molar-refractivity contribution in [1.29, 1.82) is 0 Å². The molecular weight excluding hydrogens is 621 g/mol. The molecule has 0 bridgehead atoms. The molecule has 0 aliphatic heterocycles. The first-order chi connectivity index (χ1) is 18.5. The van der Waals surface area contributed by atoms with Crippen LogP contribution in [0.5, 0.6) is 17.4 Å². The van der Waals surface area contributed by atoms with Crippen molar-refractivity contribution in [2.24, 2.45) is 0 Å². The second-order valence-electron chi connectivity index (χ2n) is 8.85. The molecule has 5 aromatic rings. The Morgan fingerprint density at radius 1 is 1.05 bits per heavy atom. The maximum atomic E-state index is 10.9. The largest absolute Gasteiger partial charge is 0.489 e. The highest BCUT2D eigenvalue weighted by atomic mass is 127. The lowest BCUT2D eigenvalue weighted by Gasteiger charge is -2.11. The molecule has 0 saturated heterocycles. The van der Waals surface area contributed by atoms with E-state index >= 15 is 0 Å². The average molecular weight is 640 g/mol. The van der Waals surface area contributed by atoms with Crippen molar-refractivity contribution in [2.45, 2.75) is 25.4 Å². The third kappa shape index (κ3) is 5.03. The highest BCUT2D eigenvalue weighted by Crippen LogP contribution is 2.45. The lowest BCUT2D eigenvalue weighted by atomic mass is 10.0. The Balaban J connectivity index is 1.22. The number of nitrogens with zero attached hydrogens (tertiary/aromatic N) is 3. The predicted molar refractivity (Wildman–Crippen MR) is 149 cm³/mol. The number of halogens is 2. The molecule has 1 fully saturated rings. The number of carboxylic acids is 1. The van der Waals surface area contributed by atoms with Crippen molar-refractivity contribution in [2.75, 3.05) is 0 Å². The Bertz CT molecular complexity index is 1650. The van der Waals surface area contributed by atoms with Gasteiger partial charge in [-0.3, -0.25) is 0 Å². The van der Waals surface area contributed by atoms with Crippen LogP contribution in [0, 0.1) is 3.57 Å². The Morgan fingerprint density at radius 3 is 2.50 bits per heavy atom. The van der Waals surface area contributed by atoms with E-state index in [1.54, 1.807) is 0 Å². The van der Waals surface area contributed by atoms with Crippen LogP contribution in [0.4, 0.5) is 0 Å². The van der Waals surface area contributed by atoms with Crippen LogP contribution >= 0.6 is 34.2 Å². The van der Waals surface area contributed by atoms with E-state index in [4.69, 9.17) is 30.7 Å². The monoisotopic (exact) mass is 639 g/mol. The summed E-state index contributed by atoms with van der Waals surface area (Å²) in [5.41, 5.74) is 2.37. The smallest absolute Gasteiger partial charge is 0.356 e. The van der Waals surface area contributed by atoms with Gasteiger partial charge in [0.15, 0.2) is 5.69 Å². The standard InChI is InChI=1S/C28H19ClIN3O5/c29-21-2-1-3-22(30)25(21)26-20(27(38-33-26)15-4-5-15)14-36-18-8-6-17-11-19(9-7-16(17)10-18)37-24-13-31-23(12-32-24)28(34)35/h1-3,6-13,15H,4-5,14H2,(H,34,35). The fraction of sp³-hybridized carbons (Fsp3) is 0.143. The summed E-state index contributed by atoms with van der Waals surface area (Å²) in [6.45, 7) is 0.309. The molecule has 1 aliphatic rings.